The Morgan fingerprint density at radius 3 is 2.46 bits per heavy atom. The van der Waals surface area contributed by atoms with E-state index in [1.54, 1.807) is 11.7 Å². The van der Waals surface area contributed by atoms with Crippen LogP contribution in [0.4, 0.5) is 5.69 Å². The molecule has 0 aliphatic carbocycles. The normalized spacial score (nSPS) is 15.2. The highest BCUT2D eigenvalue weighted by molar-refractivity contribution is 7.07. The van der Waals surface area contributed by atoms with Gasteiger partial charge in [-0.2, -0.15) is 5.10 Å². The number of para-hydroxylation sites is 1. The van der Waals surface area contributed by atoms with E-state index in [1.807, 2.05) is 93.9 Å². The number of nitrogens with one attached hydrogen (secondary N) is 1. The molecule has 2 aromatic heterocycles. The number of benzene rings is 2. The number of hydrogen-bond acceptors (Lipinski definition) is 6. The molecule has 0 fully saturated rings. The van der Waals surface area contributed by atoms with Crippen molar-refractivity contribution in [2.45, 2.75) is 47.2 Å². The van der Waals surface area contributed by atoms with E-state index in [4.69, 9.17) is 9.73 Å². The second kappa shape index (κ2) is 10.5. The Morgan fingerprint density at radius 1 is 1.10 bits per heavy atom. The Hall–Kier alpha value is -4.24. The standard InChI is InChI=1S/C30H31N5O3S/c1-7-34-20(5)23(18(3)33-34)16-25-29(37)35-27(21-12-14-22(38-6)15-13-21)26(19(4)31-30(35)39-25)28(36)32-24-11-9-8-10-17(24)2/h8-16,27H,7H2,1-6H3,(H,32,36)/b25-16+/t27-/m1/s1. The molecule has 1 atom stereocenters. The lowest BCUT2D eigenvalue weighted by molar-refractivity contribution is -0.113. The van der Waals surface area contributed by atoms with E-state index in [0.29, 0.717) is 32.0 Å². The van der Waals surface area contributed by atoms with Crippen molar-refractivity contribution < 1.29 is 9.53 Å². The van der Waals surface area contributed by atoms with Gasteiger partial charge in [0.25, 0.3) is 11.5 Å². The first-order chi connectivity index (χ1) is 18.7. The Kier molecular flexibility index (Phi) is 7.10. The second-order valence-corrected chi connectivity index (χ2v) is 10.5. The molecule has 0 saturated heterocycles. The van der Waals surface area contributed by atoms with Gasteiger partial charge < -0.3 is 10.1 Å². The van der Waals surface area contributed by atoms with Crippen LogP contribution in [0.3, 0.4) is 0 Å². The molecule has 3 heterocycles. The fourth-order valence-electron chi connectivity index (χ4n) is 4.97. The number of anilines is 1. The van der Waals surface area contributed by atoms with Crippen LogP contribution in [0, 0.1) is 20.8 Å². The number of amides is 1. The summed E-state index contributed by atoms with van der Waals surface area (Å²) in [6, 6.07) is 14.4. The number of fused-ring (bicyclic) bond motifs is 1. The fraction of sp³-hybridized carbons (Fsp3) is 0.267. The molecular formula is C30H31N5O3S. The molecule has 1 N–H and O–H groups in total. The lowest BCUT2D eigenvalue weighted by atomic mass is 9.95. The summed E-state index contributed by atoms with van der Waals surface area (Å²) in [5.74, 6) is 0.396. The summed E-state index contributed by atoms with van der Waals surface area (Å²) in [5, 5.41) is 7.64. The zero-order valence-electron chi connectivity index (χ0n) is 22.9. The van der Waals surface area contributed by atoms with Crippen LogP contribution in [0.25, 0.3) is 6.08 Å². The van der Waals surface area contributed by atoms with Crippen LogP contribution >= 0.6 is 11.3 Å². The highest BCUT2D eigenvalue weighted by Gasteiger charge is 2.32. The molecule has 1 aliphatic heterocycles. The second-order valence-electron chi connectivity index (χ2n) is 9.52. The molecule has 8 nitrogen and oxygen atoms in total. The minimum Gasteiger partial charge on any atom is -0.497 e. The van der Waals surface area contributed by atoms with Crippen LogP contribution in [-0.2, 0) is 11.3 Å². The third kappa shape index (κ3) is 4.74. The first-order valence-corrected chi connectivity index (χ1v) is 13.6. The molecule has 1 aliphatic rings. The van der Waals surface area contributed by atoms with E-state index in [-0.39, 0.29) is 11.5 Å². The Balaban J connectivity index is 1.69. The third-order valence-electron chi connectivity index (χ3n) is 7.10. The Morgan fingerprint density at radius 2 is 1.82 bits per heavy atom. The van der Waals surface area contributed by atoms with Gasteiger partial charge in [-0.3, -0.25) is 18.8 Å². The molecular weight excluding hydrogens is 510 g/mol. The lowest BCUT2D eigenvalue weighted by Gasteiger charge is -2.25. The predicted molar refractivity (Wildman–Crippen MR) is 154 cm³/mol. The average Bonchev–Trinajstić information content (AvgIpc) is 3.38. The zero-order valence-corrected chi connectivity index (χ0v) is 23.7. The van der Waals surface area contributed by atoms with Gasteiger partial charge in [0, 0.05) is 23.5 Å². The Labute approximate surface area is 230 Å². The molecule has 1 amide bonds. The van der Waals surface area contributed by atoms with Crippen molar-refractivity contribution in [3.05, 3.63) is 108 Å². The van der Waals surface area contributed by atoms with Crippen LogP contribution < -0.4 is 24.9 Å². The number of ether oxygens (including phenoxy) is 1. The van der Waals surface area contributed by atoms with Gasteiger partial charge >= 0.3 is 0 Å². The number of aryl methyl sites for hydroxylation is 3. The third-order valence-corrected chi connectivity index (χ3v) is 8.09. The summed E-state index contributed by atoms with van der Waals surface area (Å²) in [6.07, 6.45) is 1.89. The number of hydrogen-bond donors (Lipinski definition) is 1. The molecule has 0 spiro atoms. The number of allylic oxidation sites excluding steroid dienone is 1. The molecule has 200 valence electrons. The molecule has 39 heavy (non-hydrogen) atoms. The summed E-state index contributed by atoms with van der Waals surface area (Å²) in [7, 11) is 1.61. The monoisotopic (exact) mass is 541 g/mol. The number of methoxy groups -OCH3 is 1. The SMILES string of the molecule is CCn1nc(C)c(/C=c2/sc3n(c2=O)[C@H](c2ccc(OC)cc2)C(C(=O)Nc2ccccc2C)=C(C)N=3)c1C. The number of nitrogens with zero attached hydrogens (tertiary/aromatic N) is 4. The number of carbonyl (C=O) groups excluding carboxylic acids is 1. The van der Waals surface area contributed by atoms with Gasteiger partial charge in [-0.25, -0.2) is 4.99 Å². The molecule has 0 bridgehead atoms. The van der Waals surface area contributed by atoms with Crippen LogP contribution in [0.2, 0.25) is 0 Å². The van der Waals surface area contributed by atoms with Crippen molar-refractivity contribution in [3.8, 4) is 5.75 Å². The van der Waals surface area contributed by atoms with Crippen molar-refractivity contribution in [2.75, 3.05) is 12.4 Å². The first-order valence-electron chi connectivity index (χ1n) is 12.8. The molecule has 0 radical (unpaired) electrons. The zero-order chi connectivity index (χ0) is 27.8. The maximum Gasteiger partial charge on any atom is 0.271 e. The van der Waals surface area contributed by atoms with Gasteiger partial charge in [0.05, 0.1) is 34.6 Å². The maximum atomic E-state index is 14.0. The van der Waals surface area contributed by atoms with E-state index in [1.165, 1.54) is 11.3 Å². The number of carbonyl (C=O) groups is 1. The van der Waals surface area contributed by atoms with E-state index >= 15 is 0 Å². The summed E-state index contributed by atoms with van der Waals surface area (Å²) in [6.45, 7) is 10.5. The molecule has 2 aromatic carbocycles. The number of thiazole rings is 1. The summed E-state index contributed by atoms with van der Waals surface area (Å²) in [4.78, 5) is 33.1. The summed E-state index contributed by atoms with van der Waals surface area (Å²) in [5.41, 5.74) is 6.04. The number of rotatable bonds is 6. The van der Waals surface area contributed by atoms with Gasteiger partial charge in [0.1, 0.15) is 5.75 Å². The van der Waals surface area contributed by atoms with E-state index < -0.39 is 6.04 Å². The van der Waals surface area contributed by atoms with Gasteiger partial charge in [-0.1, -0.05) is 41.7 Å². The maximum absolute atomic E-state index is 14.0. The van der Waals surface area contributed by atoms with Gasteiger partial charge in [0.15, 0.2) is 4.80 Å². The van der Waals surface area contributed by atoms with Crippen LogP contribution in [0.5, 0.6) is 5.75 Å². The highest BCUT2D eigenvalue weighted by Crippen LogP contribution is 2.32. The Bertz CT molecular complexity index is 1790. The van der Waals surface area contributed by atoms with Gasteiger partial charge in [0.2, 0.25) is 0 Å². The van der Waals surface area contributed by atoms with Gasteiger partial charge in [-0.15, -0.1) is 0 Å². The van der Waals surface area contributed by atoms with Crippen LogP contribution in [0.15, 0.2) is 69.6 Å². The lowest BCUT2D eigenvalue weighted by Crippen LogP contribution is -2.40. The smallest absolute Gasteiger partial charge is 0.271 e. The minimum atomic E-state index is -0.654. The summed E-state index contributed by atoms with van der Waals surface area (Å²) < 4.78 is 9.46. The van der Waals surface area contributed by atoms with Crippen molar-refractivity contribution in [3.63, 3.8) is 0 Å². The molecule has 0 saturated carbocycles. The van der Waals surface area contributed by atoms with E-state index in [9.17, 15) is 9.59 Å². The number of aromatic nitrogens is 3. The van der Waals surface area contributed by atoms with E-state index in [0.717, 1.165) is 34.6 Å². The summed E-state index contributed by atoms with van der Waals surface area (Å²) >= 11 is 1.32. The van der Waals surface area contributed by atoms with Crippen molar-refractivity contribution in [1.82, 2.24) is 14.3 Å². The van der Waals surface area contributed by atoms with Crippen molar-refractivity contribution >= 4 is 29.0 Å². The molecule has 9 heteroatoms. The fourth-order valence-corrected chi connectivity index (χ4v) is 6.00. The molecule has 5 rings (SSSR count). The van der Waals surface area contributed by atoms with Crippen molar-refractivity contribution in [1.29, 1.82) is 0 Å². The first kappa shape index (κ1) is 26.4. The largest absolute Gasteiger partial charge is 0.497 e. The predicted octanol–water partition coefficient (Wildman–Crippen LogP) is 4.02. The van der Waals surface area contributed by atoms with Crippen molar-refractivity contribution in [2.24, 2.45) is 4.99 Å². The average molecular weight is 542 g/mol. The van der Waals surface area contributed by atoms with Gasteiger partial charge in [-0.05, 0) is 70.0 Å². The van der Waals surface area contributed by atoms with E-state index in [2.05, 4.69) is 10.4 Å². The molecule has 4 aromatic rings. The quantitative estimate of drug-likeness (QED) is 0.399. The van der Waals surface area contributed by atoms with Crippen LogP contribution in [-0.4, -0.2) is 27.4 Å². The minimum absolute atomic E-state index is 0.198. The topological polar surface area (TPSA) is 90.5 Å². The van der Waals surface area contributed by atoms with Crippen LogP contribution in [0.1, 0.15) is 48.0 Å². The highest BCUT2D eigenvalue weighted by atomic mass is 32.1. The molecule has 0 unspecified atom stereocenters.